The number of esters is 2. The van der Waals surface area contributed by atoms with E-state index in [2.05, 4.69) is 109 Å². The molecule has 6 unspecified atom stereocenters. The first kappa shape index (κ1) is 80.7. The Morgan fingerprint density at radius 1 is 0.509 bits per heavy atom. The zero-order valence-corrected chi connectivity index (χ0v) is 62.0. The SMILES string of the molecule is C.CC(=O)OC(C)=O.COc1ccc(CN2C3CC2CN(c2ccc(-c4cc(C)cn5ncc(C#N)c45)cn2)C3)nc1.COc1ccc(CN2C3CC2CN(c2ccc(-c4cc(O)cn5ncc(C#N)c45)cn2)C3)nc1.N#Cc1cnn2cc(O)cc(-c3ccc(N4CC5CC(C4)N5)nc3)c12.O.O.[B-]C(C)=O.[Na+]. The zero-order valence-electron chi connectivity index (χ0n) is 60.0. The Morgan fingerprint density at radius 2 is 0.852 bits per heavy atom. The molecule has 9 saturated heterocycles. The summed E-state index contributed by atoms with van der Waals surface area (Å²) in [5.74, 6) is 3.52. The Bertz CT molecular complexity index is 4850. The maximum absolute atomic E-state index is 10.1. The molecule has 30 nitrogen and oxygen atoms in total. The van der Waals surface area contributed by atoms with Crippen LogP contribution >= 0.6 is 0 Å². The van der Waals surface area contributed by atoms with Crippen molar-refractivity contribution < 1.29 is 79.3 Å². The number of hydrogen-bond donors (Lipinski definition) is 3. The number of aryl methyl sites for hydroxylation is 1. The summed E-state index contributed by atoms with van der Waals surface area (Å²) < 4.78 is 19.2. The van der Waals surface area contributed by atoms with Crippen molar-refractivity contribution in [2.75, 3.05) is 68.2 Å². The largest absolute Gasteiger partial charge is 1.00 e. The van der Waals surface area contributed by atoms with Crippen molar-refractivity contribution in [3.63, 3.8) is 0 Å². The van der Waals surface area contributed by atoms with Crippen LogP contribution in [-0.2, 0) is 32.2 Å². The number of hydrogen-bond acceptors (Lipinski definition) is 25. The van der Waals surface area contributed by atoms with Crippen molar-refractivity contribution in [2.24, 2.45) is 0 Å². The number of fused-ring (bicyclic) bond motifs is 9. The van der Waals surface area contributed by atoms with Gasteiger partial charge in [-0.25, -0.2) is 28.5 Å². The minimum atomic E-state index is -0.562. The van der Waals surface area contributed by atoms with E-state index >= 15 is 0 Å². The van der Waals surface area contributed by atoms with E-state index in [4.69, 9.17) is 19.4 Å². The average Bonchev–Trinajstić information content (AvgIpc) is 1.11. The number of carbonyl (C=O) groups excluding carboxylic acids is 3. The van der Waals surface area contributed by atoms with E-state index in [1.165, 1.54) is 73.9 Å². The van der Waals surface area contributed by atoms with Crippen LogP contribution in [-0.4, -0.2) is 200 Å². The molecule has 20 heterocycles. The molecule has 6 atom stereocenters. The van der Waals surface area contributed by atoms with Crippen LogP contribution in [0.2, 0.25) is 0 Å². The van der Waals surface area contributed by atoms with E-state index in [1.54, 1.807) is 61.9 Å². The number of piperidine rings is 3. The molecule has 0 spiro atoms. The number of pyridine rings is 8. The number of nitrogens with zero attached hydrogens (tertiary/aromatic N) is 19. The average molecular weight is 1470 g/mol. The number of aromatic nitrogens is 11. The maximum atomic E-state index is 10.1. The van der Waals surface area contributed by atoms with Gasteiger partial charge in [0.05, 0.1) is 102 Å². The summed E-state index contributed by atoms with van der Waals surface area (Å²) in [5, 5.41) is 64.5. The van der Waals surface area contributed by atoms with Gasteiger partial charge in [0, 0.05) is 161 Å². The number of rotatable bonds is 12. The van der Waals surface area contributed by atoms with Crippen molar-refractivity contribution in [3.8, 4) is 74.6 Å². The molecule has 0 aliphatic carbocycles. The summed E-state index contributed by atoms with van der Waals surface area (Å²) in [5.41, 5.74) is 11.7. The van der Waals surface area contributed by atoms with E-state index in [1.807, 2.05) is 67.8 Å². The predicted octanol–water partition coefficient (Wildman–Crippen LogP) is 3.60. The number of piperazine rings is 3. The summed E-state index contributed by atoms with van der Waals surface area (Å²) in [6.45, 7) is 13.2. The predicted molar refractivity (Wildman–Crippen MR) is 399 cm³/mol. The molecule has 3 radical (unpaired) electrons. The van der Waals surface area contributed by atoms with Crippen LogP contribution in [0.15, 0.2) is 147 Å². The molecule has 549 valence electrons. The molecule has 7 N–H and O–H groups in total. The molecule has 0 amide bonds. The molecule has 11 aromatic heterocycles. The maximum Gasteiger partial charge on any atom is 1.00 e. The van der Waals surface area contributed by atoms with Gasteiger partial charge < -0.3 is 68.0 Å². The van der Waals surface area contributed by atoms with Crippen molar-refractivity contribution >= 4 is 59.5 Å². The topological polar surface area (TPSA) is 398 Å². The fourth-order valence-corrected chi connectivity index (χ4v) is 14.4. The van der Waals surface area contributed by atoms with E-state index in [9.17, 15) is 40.4 Å². The number of methoxy groups -OCH3 is 2. The van der Waals surface area contributed by atoms with E-state index < -0.39 is 11.9 Å². The second-order valence-corrected chi connectivity index (χ2v) is 26.3. The molecule has 20 rings (SSSR count). The van der Waals surface area contributed by atoms with Gasteiger partial charge in [-0.05, 0) is 111 Å². The number of nitriles is 3. The summed E-state index contributed by atoms with van der Waals surface area (Å²) in [4.78, 5) is 64.1. The van der Waals surface area contributed by atoms with Gasteiger partial charge >= 0.3 is 41.5 Å². The Kier molecular flexibility index (Phi) is 26.4. The summed E-state index contributed by atoms with van der Waals surface area (Å²) in [6, 6.07) is 35.3. The second kappa shape index (κ2) is 35.3. The third-order valence-electron chi connectivity index (χ3n) is 19.1. The van der Waals surface area contributed by atoms with Crippen molar-refractivity contribution in [1.82, 2.24) is 68.9 Å². The summed E-state index contributed by atoms with van der Waals surface area (Å²) >= 11 is 0. The van der Waals surface area contributed by atoms with Gasteiger partial charge in [0.1, 0.15) is 58.7 Å². The Hall–Kier alpha value is -11.4. The number of aromatic hydroxyl groups is 2. The first-order valence-corrected chi connectivity index (χ1v) is 33.8. The second-order valence-electron chi connectivity index (χ2n) is 26.3. The van der Waals surface area contributed by atoms with Gasteiger partial charge in [-0.1, -0.05) is 14.4 Å². The number of nitrogens with one attached hydrogen (secondary N) is 1. The fraction of sp³-hybridized carbons (Fsp3) is 0.316. The molecule has 9 aliphatic heterocycles. The van der Waals surface area contributed by atoms with Gasteiger partial charge in [-0.15, -0.1) is 5.68 Å². The first-order chi connectivity index (χ1) is 50.3. The Balaban J connectivity index is 0.000000173. The third-order valence-corrected chi connectivity index (χ3v) is 19.1. The first-order valence-electron chi connectivity index (χ1n) is 33.8. The van der Waals surface area contributed by atoms with Crippen LogP contribution in [0.1, 0.15) is 81.1 Å². The van der Waals surface area contributed by atoms with Crippen LogP contribution in [0, 0.1) is 40.9 Å². The molecule has 108 heavy (non-hydrogen) atoms. The van der Waals surface area contributed by atoms with Crippen molar-refractivity contribution in [3.05, 3.63) is 181 Å². The minimum Gasteiger partial charge on any atom is -0.528 e. The summed E-state index contributed by atoms with van der Waals surface area (Å²) in [6.07, 6.45) is 22.3. The number of ether oxygens (including phenoxy) is 3. The van der Waals surface area contributed by atoms with Gasteiger partial charge in [-0.3, -0.25) is 29.4 Å². The molecule has 11 aromatic rings. The molecule has 9 aliphatic rings. The van der Waals surface area contributed by atoms with Crippen molar-refractivity contribution in [2.45, 2.75) is 104 Å². The van der Waals surface area contributed by atoms with Gasteiger partial charge in [0.15, 0.2) is 0 Å². The Morgan fingerprint density at radius 3 is 1.15 bits per heavy atom. The monoisotopic (exact) mass is 1470 g/mol. The fourth-order valence-electron chi connectivity index (χ4n) is 14.4. The van der Waals surface area contributed by atoms with E-state index in [-0.39, 0.29) is 65.1 Å². The molecule has 9 fully saturated rings. The minimum absolute atomic E-state index is 0. The summed E-state index contributed by atoms with van der Waals surface area (Å²) in [7, 11) is 7.78. The zero-order chi connectivity index (χ0) is 72.9. The van der Waals surface area contributed by atoms with Crippen LogP contribution in [0.25, 0.3) is 49.9 Å². The normalized spacial score (nSPS) is 18.1. The third kappa shape index (κ3) is 17.8. The molecule has 0 saturated carbocycles. The standard InChI is InChI=1S/C26H25N7O.C25H23N7O2.C18H16N6O.C4H6O3.C2H3BO.CH4.Na.2H2O/c1-17-7-24(26-19(9-27)11-30-33(26)13-17)18-3-6-25(29-10-18)31-15-21-8-22(16-31)32(21)14-20-4-5-23(34-2)12-28-20;1-34-22-4-3-18(27-11-22)12-31-19-6-20(31)14-30(13-19)24-5-2-16(9-28-24)23-7-21(33)15-32-25(23)17(8-26)10-29-32;19-5-12-7-21-24-10-15(25)4-16(18(12)24)11-1-2-17(20-6-11)23-8-13-3-14(9-23)22-13;1-3(5)7-4(2)6;1-2(3)4;;;;/h3-7,10-13,21-22H,8,14-16H2,1-2H3;2-5,7,9-11,15,19-20,33H,6,12-14H2,1H3;1-2,4,6-7,10,13-14,22,25H,3,8-9H2;1-2H3;1H3;1H4;;2*1H2/q;;;;-1;;+1;;. The van der Waals surface area contributed by atoms with Crippen LogP contribution in [0.3, 0.4) is 0 Å². The van der Waals surface area contributed by atoms with E-state index in [0.29, 0.717) is 64.0 Å². The molecule has 6 bridgehead atoms. The van der Waals surface area contributed by atoms with Crippen LogP contribution in [0.5, 0.6) is 23.0 Å². The van der Waals surface area contributed by atoms with E-state index in [0.717, 1.165) is 137 Å². The molecular weight excluding hydrogens is 1390 g/mol. The van der Waals surface area contributed by atoms with Crippen LogP contribution in [0.4, 0.5) is 17.5 Å². The Labute approximate surface area is 646 Å². The number of carbonyl (C=O) groups is 3. The molecular formula is C76H81BN20NaO10. The molecule has 32 heteroatoms. The number of anilines is 3. The van der Waals surface area contributed by atoms with Gasteiger partial charge in [0.2, 0.25) is 0 Å². The smallest absolute Gasteiger partial charge is 0.528 e. The van der Waals surface area contributed by atoms with Crippen LogP contribution < -0.4 is 59.0 Å². The van der Waals surface area contributed by atoms with Gasteiger partial charge in [0.25, 0.3) is 0 Å². The molecule has 0 aromatic carbocycles. The quantitative estimate of drug-likeness (QED) is 0.0893. The van der Waals surface area contributed by atoms with Gasteiger partial charge in [-0.2, -0.15) is 31.1 Å². The van der Waals surface area contributed by atoms with Crippen molar-refractivity contribution in [1.29, 1.82) is 15.8 Å².